The molecular weight excluding hydrogens is 402 g/mol. The summed E-state index contributed by atoms with van der Waals surface area (Å²) in [6.07, 6.45) is 3.83. The van der Waals surface area contributed by atoms with Crippen molar-refractivity contribution in [1.82, 2.24) is 14.7 Å². The van der Waals surface area contributed by atoms with Crippen LogP contribution >= 0.6 is 0 Å². The van der Waals surface area contributed by atoms with Crippen molar-refractivity contribution in [1.29, 1.82) is 0 Å². The summed E-state index contributed by atoms with van der Waals surface area (Å²) >= 11 is 0. The van der Waals surface area contributed by atoms with Crippen LogP contribution < -0.4 is 0 Å². The predicted octanol–water partition coefficient (Wildman–Crippen LogP) is 4.91. The molecule has 0 N–H and O–H groups in total. The quantitative estimate of drug-likeness (QED) is 0.342. The molecule has 0 unspecified atom stereocenters. The first-order valence-corrected chi connectivity index (χ1v) is 10.4. The van der Waals surface area contributed by atoms with Crippen LogP contribution in [0.2, 0.25) is 0 Å². The van der Waals surface area contributed by atoms with Gasteiger partial charge in [0.1, 0.15) is 16.8 Å². The molecule has 0 bridgehead atoms. The molecule has 162 valence electrons. The summed E-state index contributed by atoms with van der Waals surface area (Å²) in [6.45, 7) is 7.97. The Morgan fingerprint density at radius 2 is 1.97 bits per heavy atom. The maximum absolute atomic E-state index is 12.1. The molecule has 3 heterocycles. The van der Waals surface area contributed by atoms with Gasteiger partial charge in [-0.15, -0.1) is 0 Å². The van der Waals surface area contributed by atoms with Crippen molar-refractivity contribution in [3.63, 3.8) is 0 Å². The number of ether oxygens (including phenoxy) is 1. The van der Waals surface area contributed by atoms with Gasteiger partial charge in [-0.3, -0.25) is 4.79 Å². The number of aromatic nitrogens is 3. The molecule has 0 spiro atoms. The molecule has 6 nitrogen and oxygen atoms in total. The highest BCUT2D eigenvalue weighted by Gasteiger charge is 2.26. The van der Waals surface area contributed by atoms with E-state index in [4.69, 9.17) is 14.2 Å². The molecule has 0 fully saturated rings. The predicted molar refractivity (Wildman–Crippen MR) is 123 cm³/mol. The Labute approximate surface area is 187 Å². The van der Waals surface area contributed by atoms with Crippen molar-refractivity contribution in [3.05, 3.63) is 71.4 Å². The van der Waals surface area contributed by atoms with Crippen LogP contribution in [0.25, 0.3) is 22.2 Å². The molecule has 4 rings (SSSR count). The topological polar surface area (TPSA) is 70.2 Å². The molecule has 0 atom stereocenters. The van der Waals surface area contributed by atoms with Crippen molar-refractivity contribution in [2.24, 2.45) is 5.41 Å². The second-order valence-electron chi connectivity index (χ2n) is 8.32. The first-order chi connectivity index (χ1) is 15.3. The first-order valence-electron chi connectivity index (χ1n) is 10.4. The molecule has 0 saturated carbocycles. The third-order valence-corrected chi connectivity index (χ3v) is 5.44. The fourth-order valence-corrected chi connectivity index (χ4v) is 3.73. The van der Waals surface area contributed by atoms with Gasteiger partial charge in [0.2, 0.25) is 0 Å². The van der Waals surface area contributed by atoms with Crippen LogP contribution in [0, 0.1) is 31.1 Å². The van der Waals surface area contributed by atoms with E-state index in [0.717, 1.165) is 44.7 Å². The largest absolute Gasteiger partial charge is 0.468 e. The molecule has 0 aliphatic rings. The Balaban J connectivity index is 1.87. The van der Waals surface area contributed by atoms with Crippen LogP contribution in [0.3, 0.4) is 0 Å². The summed E-state index contributed by atoms with van der Waals surface area (Å²) in [4.78, 5) is 16.9. The van der Waals surface area contributed by atoms with E-state index in [9.17, 15) is 4.79 Å². The lowest BCUT2D eigenvalue weighted by atomic mass is 9.94. The third kappa shape index (κ3) is 4.02. The average molecular weight is 428 g/mol. The second kappa shape index (κ2) is 8.35. The van der Waals surface area contributed by atoms with E-state index in [0.29, 0.717) is 6.54 Å². The monoisotopic (exact) mass is 427 g/mol. The van der Waals surface area contributed by atoms with E-state index in [1.807, 2.05) is 44.4 Å². The van der Waals surface area contributed by atoms with Gasteiger partial charge in [0.05, 0.1) is 18.4 Å². The molecule has 1 aromatic carbocycles. The number of carbonyl (C=O) groups excluding carboxylic acids is 1. The van der Waals surface area contributed by atoms with Gasteiger partial charge < -0.3 is 13.8 Å². The Morgan fingerprint density at radius 3 is 2.62 bits per heavy atom. The highest BCUT2D eigenvalue weighted by Crippen LogP contribution is 2.31. The van der Waals surface area contributed by atoms with Crippen LogP contribution in [-0.4, -0.2) is 27.8 Å². The molecule has 0 amide bonds. The zero-order valence-electron chi connectivity index (χ0n) is 18.9. The number of pyridine rings is 1. The number of aryl methyl sites for hydroxylation is 2. The van der Waals surface area contributed by atoms with Gasteiger partial charge in [-0.1, -0.05) is 47.3 Å². The van der Waals surface area contributed by atoms with Crippen molar-refractivity contribution in [3.8, 4) is 23.0 Å². The highest BCUT2D eigenvalue weighted by atomic mass is 16.5. The van der Waals surface area contributed by atoms with Crippen LogP contribution in [-0.2, 0) is 16.1 Å². The summed E-state index contributed by atoms with van der Waals surface area (Å²) in [5, 5.41) is 4.98. The lowest BCUT2D eigenvalue weighted by molar-refractivity contribution is -0.147. The summed E-state index contributed by atoms with van der Waals surface area (Å²) in [6, 6.07) is 12.3. The lowest BCUT2D eigenvalue weighted by Gasteiger charge is -2.13. The zero-order chi connectivity index (χ0) is 22.9. The van der Waals surface area contributed by atoms with Gasteiger partial charge in [-0.05, 0) is 39.3 Å². The Kier molecular flexibility index (Phi) is 5.58. The number of nitrogens with zero attached hydrogens (tertiary/aromatic N) is 3. The van der Waals surface area contributed by atoms with Crippen LogP contribution in [0.15, 0.2) is 53.3 Å². The fourth-order valence-electron chi connectivity index (χ4n) is 3.73. The SMILES string of the molecule is COC(=O)C(C)(C)C#Cc1cn(Cc2ccccc2)c2ncc(-c3c(C)noc3C)cc12. The van der Waals surface area contributed by atoms with Crippen molar-refractivity contribution >= 4 is 17.0 Å². The van der Waals surface area contributed by atoms with Gasteiger partial charge in [-0.25, -0.2) is 4.98 Å². The second-order valence-corrected chi connectivity index (χ2v) is 8.32. The fraction of sp³-hybridized carbons (Fsp3) is 0.269. The van der Waals surface area contributed by atoms with Crippen LogP contribution in [0.4, 0.5) is 0 Å². The number of benzene rings is 1. The standard InChI is InChI=1S/C26H25N3O3/c1-17-23(18(2)32-28-17)21-13-22-20(11-12-26(3,4)25(30)31-5)16-29(24(22)27-14-21)15-19-9-7-6-8-10-19/h6-10,13-14,16H,15H2,1-5H3. The van der Waals surface area contributed by atoms with Gasteiger partial charge in [0, 0.05) is 35.5 Å². The van der Waals surface area contributed by atoms with Gasteiger partial charge >= 0.3 is 5.97 Å². The van der Waals surface area contributed by atoms with E-state index in [1.165, 1.54) is 7.11 Å². The molecule has 3 aromatic heterocycles. The number of esters is 1. The van der Waals surface area contributed by atoms with Crippen molar-refractivity contribution < 1.29 is 14.1 Å². The third-order valence-electron chi connectivity index (χ3n) is 5.44. The molecule has 0 aliphatic heterocycles. The van der Waals surface area contributed by atoms with E-state index in [-0.39, 0.29) is 5.97 Å². The summed E-state index contributed by atoms with van der Waals surface area (Å²) < 4.78 is 12.3. The van der Waals surface area contributed by atoms with Gasteiger partial charge in [0.25, 0.3) is 0 Å². The smallest absolute Gasteiger partial charge is 0.323 e. The van der Waals surface area contributed by atoms with Crippen LogP contribution in [0.5, 0.6) is 0 Å². The molecule has 6 heteroatoms. The molecule has 0 aliphatic carbocycles. The molecule has 0 radical (unpaired) electrons. The number of rotatable bonds is 4. The molecular formula is C26H25N3O3. The maximum atomic E-state index is 12.1. The minimum Gasteiger partial charge on any atom is -0.468 e. The number of fused-ring (bicyclic) bond motifs is 1. The van der Waals surface area contributed by atoms with E-state index < -0.39 is 5.41 Å². The normalized spacial score (nSPS) is 11.3. The van der Waals surface area contributed by atoms with E-state index in [2.05, 4.69) is 39.8 Å². The van der Waals surface area contributed by atoms with Crippen molar-refractivity contribution in [2.45, 2.75) is 34.2 Å². The van der Waals surface area contributed by atoms with E-state index in [1.54, 1.807) is 13.8 Å². The van der Waals surface area contributed by atoms with Crippen molar-refractivity contribution in [2.75, 3.05) is 7.11 Å². The number of hydrogen-bond acceptors (Lipinski definition) is 5. The Bertz CT molecular complexity index is 1330. The number of hydrogen-bond donors (Lipinski definition) is 0. The minimum atomic E-state index is -0.921. The summed E-state index contributed by atoms with van der Waals surface area (Å²) in [7, 11) is 1.37. The maximum Gasteiger partial charge on any atom is 0.323 e. The molecule has 4 aromatic rings. The molecule has 0 saturated heterocycles. The number of carbonyl (C=O) groups is 1. The molecule has 32 heavy (non-hydrogen) atoms. The summed E-state index contributed by atoms with van der Waals surface area (Å²) in [5.41, 5.74) is 4.53. The number of methoxy groups -OCH3 is 1. The Hall–Kier alpha value is -3.85. The Morgan fingerprint density at radius 1 is 1.22 bits per heavy atom. The van der Waals surface area contributed by atoms with E-state index >= 15 is 0 Å². The first kappa shape index (κ1) is 21.4. The average Bonchev–Trinajstić information content (AvgIpc) is 3.31. The minimum absolute atomic E-state index is 0.368. The van der Waals surface area contributed by atoms with Crippen LogP contribution in [0.1, 0.15) is 36.4 Å². The van der Waals surface area contributed by atoms with Gasteiger partial charge in [0.15, 0.2) is 0 Å². The summed E-state index contributed by atoms with van der Waals surface area (Å²) in [5.74, 6) is 6.65. The van der Waals surface area contributed by atoms with Gasteiger partial charge in [-0.2, -0.15) is 0 Å². The highest BCUT2D eigenvalue weighted by molar-refractivity contribution is 5.89. The zero-order valence-corrected chi connectivity index (χ0v) is 18.9. The lowest BCUT2D eigenvalue weighted by Crippen LogP contribution is -2.23.